The van der Waals surface area contributed by atoms with E-state index in [9.17, 15) is 18.0 Å². The molecule has 3 aromatic heterocycles. The van der Waals surface area contributed by atoms with E-state index in [0.717, 1.165) is 22.6 Å². The molecular formula is C25H15F3IN5O. The predicted octanol–water partition coefficient (Wildman–Crippen LogP) is 6.33. The zero-order valence-corrected chi connectivity index (χ0v) is 19.9. The van der Waals surface area contributed by atoms with Crippen LogP contribution in [0, 0.1) is 5.82 Å². The molecule has 0 spiro atoms. The number of pyridine rings is 1. The molecule has 10 heteroatoms. The van der Waals surface area contributed by atoms with E-state index < -0.39 is 21.2 Å². The number of nitrogens with zero attached hydrogens (tertiary/aromatic N) is 4. The molecule has 174 valence electrons. The van der Waals surface area contributed by atoms with Crippen LogP contribution in [0.5, 0.6) is 0 Å². The molecule has 0 aliphatic carbocycles. The third kappa shape index (κ3) is 4.61. The quantitative estimate of drug-likeness (QED) is 0.193. The van der Waals surface area contributed by atoms with Gasteiger partial charge >= 0.3 is 3.93 Å². The Morgan fingerprint density at radius 3 is 2.51 bits per heavy atom. The van der Waals surface area contributed by atoms with Crippen molar-refractivity contribution in [2.75, 3.05) is 5.32 Å². The van der Waals surface area contributed by atoms with Crippen LogP contribution in [0.15, 0.2) is 85.6 Å². The number of fused-ring (bicyclic) bond motifs is 1. The first-order valence-corrected chi connectivity index (χ1v) is 11.4. The second kappa shape index (κ2) is 9.10. The molecule has 1 amide bonds. The largest absolute Gasteiger partial charge is 0.322 e. The molecule has 0 aliphatic rings. The van der Waals surface area contributed by atoms with Gasteiger partial charge in [-0.3, -0.25) is 14.2 Å². The molecule has 2 aromatic carbocycles. The van der Waals surface area contributed by atoms with Crippen molar-refractivity contribution in [3.63, 3.8) is 0 Å². The lowest BCUT2D eigenvalue weighted by Crippen LogP contribution is -2.18. The van der Waals surface area contributed by atoms with Gasteiger partial charge in [0.05, 0.1) is 23.5 Å². The number of anilines is 1. The minimum atomic E-state index is -3.28. The summed E-state index contributed by atoms with van der Waals surface area (Å²) in [6.07, 6.45) is 8.18. The zero-order valence-electron chi connectivity index (χ0n) is 17.8. The molecular weight excluding hydrogens is 570 g/mol. The number of rotatable bonds is 5. The highest BCUT2D eigenvalue weighted by Gasteiger charge is 2.32. The Kier molecular flexibility index (Phi) is 5.97. The molecule has 0 aliphatic heterocycles. The predicted molar refractivity (Wildman–Crippen MR) is 134 cm³/mol. The van der Waals surface area contributed by atoms with Crippen LogP contribution in [0.3, 0.4) is 0 Å². The number of carbonyl (C=O) groups excluding carboxylic acids is 1. The smallest absolute Gasteiger partial charge is 0.322 e. The normalized spacial score (nSPS) is 11.5. The van der Waals surface area contributed by atoms with Crippen LogP contribution in [0.2, 0.25) is 0 Å². The number of aromatic nitrogens is 4. The van der Waals surface area contributed by atoms with Crippen molar-refractivity contribution in [1.82, 2.24) is 19.4 Å². The summed E-state index contributed by atoms with van der Waals surface area (Å²) in [5, 5.41) is 2.56. The Balaban J connectivity index is 1.60. The SMILES string of the molecule is O=C(Nc1ccc(F)cc1)c1cc(-c2cccn3c(-c4cnccn4)ncc23)ccc1C(F)(F)I. The third-order valence-corrected chi connectivity index (χ3v) is 5.93. The van der Waals surface area contributed by atoms with Crippen molar-refractivity contribution < 1.29 is 18.0 Å². The Morgan fingerprint density at radius 1 is 1.00 bits per heavy atom. The van der Waals surface area contributed by atoms with Gasteiger partial charge in [0.1, 0.15) is 11.5 Å². The molecule has 0 unspecified atom stereocenters. The first kappa shape index (κ1) is 23.0. The number of alkyl halides is 3. The molecule has 1 N–H and O–H groups in total. The Bertz CT molecular complexity index is 1530. The molecule has 5 rings (SSSR count). The van der Waals surface area contributed by atoms with Crippen molar-refractivity contribution in [3.8, 4) is 22.6 Å². The fraction of sp³-hybridized carbons (Fsp3) is 0.0400. The van der Waals surface area contributed by atoms with Gasteiger partial charge < -0.3 is 5.32 Å². The van der Waals surface area contributed by atoms with Gasteiger partial charge in [-0.05, 0) is 42.0 Å². The monoisotopic (exact) mass is 585 g/mol. The van der Waals surface area contributed by atoms with Crippen molar-refractivity contribution in [3.05, 3.63) is 103 Å². The number of nitrogens with one attached hydrogen (secondary N) is 1. The molecule has 0 radical (unpaired) electrons. The average molecular weight is 585 g/mol. The maximum atomic E-state index is 14.4. The number of amides is 1. The standard InChI is InChI=1S/C25H15F3IN5O/c26-16-4-6-17(7-5-16)33-24(35)19-12-15(3-8-20(19)25(27,28)29)18-2-1-11-34-22(18)14-32-23(34)21-13-30-9-10-31-21/h1-14H,(H,33,35). The molecule has 6 nitrogen and oxygen atoms in total. The van der Waals surface area contributed by atoms with E-state index >= 15 is 0 Å². The van der Waals surface area contributed by atoms with Gasteiger partial charge in [-0.25, -0.2) is 14.4 Å². The minimum absolute atomic E-state index is 0.193. The van der Waals surface area contributed by atoms with Crippen LogP contribution in [0.25, 0.3) is 28.2 Å². The van der Waals surface area contributed by atoms with Crippen LogP contribution in [-0.2, 0) is 3.93 Å². The van der Waals surface area contributed by atoms with Gasteiger partial charge in [-0.2, -0.15) is 8.78 Å². The van der Waals surface area contributed by atoms with Crippen molar-refractivity contribution in [2.45, 2.75) is 3.93 Å². The van der Waals surface area contributed by atoms with Crippen LogP contribution in [-0.4, -0.2) is 25.3 Å². The van der Waals surface area contributed by atoms with Crippen LogP contribution >= 0.6 is 22.6 Å². The lowest BCUT2D eigenvalue weighted by molar-refractivity contribution is 0.0995. The first-order chi connectivity index (χ1) is 16.8. The number of carbonyl (C=O) groups is 1. The topological polar surface area (TPSA) is 72.2 Å². The number of benzene rings is 2. The van der Waals surface area contributed by atoms with Gasteiger partial charge in [0.15, 0.2) is 5.82 Å². The maximum absolute atomic E-state index is 14.4. The van der Waals surface area contributed by atoms with E-state index in [-0.39, 0.29) is 11.3 Å². The lowest BCUT2D eigenvalue weighted by Gasteiger charge is -2.16. The second-order valence-corrected chi connectivity index (χ2v) is 8.92. The van der Waals surface area contributed by atoms with Gasteiger partial charge in [-0.1, -0.05) is 18.2 Å². The molecule has 3 heterocycles. The molecule has 0 atom stereocenters. The summed E-state index contributed by atoms with van der Waals surface area (Å²) < 4.78 is 40.5. The zero-order chi connectivity index (χ0) is 24.6. The molecule has 0 fully saturated rings. The van der Waals surface area contributed by atoms with E-state index in [0.29, 0.717) is 28.2 Å². The van der Waals surface area contributed by atoms with Gasteiger partial charge in [0.2, 0.25) is 0 Å². The highest BCUT2D eigenvalue weighted by Crippen LogP contribution is 2.39. The summed E-state index contributed by atoms with van der Waals surface area (Å²) in [6, 6.07) is 12.9. The second-order valence-electron chi connectivity index (χ2n) is 7.57. The summed E-state index contributed by atoms with van der Waals surface area (Å²) in [5.74, 6) is -0.635. The van der Waals surface area contributed by atoms with E-state index in [1.807, 2.05) is 16.7 Å². The van der Waals surface area contributed by atoms with Crippen LogP contribution in [0.4, 0.5) is 18.9 Å². The summed E-state index contributed by atoms with van der Waals surface area (Å²) in [6.45, 7) is 0. The van der Waals surface area contributed by atoms with E-state index in [4.69, 9.17) is 0 Å². The van der Waals surface area contributed by atoms with Crippen molar-refractivity contribution >= 4 is 39.7 Å². The van der Waals surface area contributed by atoms with E-state index in [2.05, 4.69) is 20.3 Å². The fourth-order valence-corrected chi connectivity index (χ4v) is 4.22. The Hall–Kier alpha value is -3.80. The molecule has 0 saturated heterocycles. The van der Waals surface area contributed by atoms with Crippen molar-refractivity contribution in [1.29, 1.82) is 0 Å². The number of imidazole rings is 1. The maximum Gasteiger partial charge on any atom is 0.322 e. The Morgan fingerprint density at radius 2 is 1.80 bits per heavy atom. The van der Waals surface area contributed by atoms with Gasteiger partial charge in [0, 0.05) is 58.0 Å². The van der Waals surface area contributed by atoms with Gasteiger partial charge in [-0.15, -0.1) is 0 Å². The number of hydrogen-bond donors (Lipinski definition) is 1. The summed E-state index contributed by atoms with van der Waals surface area (Å²) in [7, 11) is 0. The van der Waals surface area contributed by atoms with Crippen molar-refractivity contribution in [2.24, 2.45) is 0 Å². The van der Waals surface area contributed by atoms with E-state index in [1.54, 1.807) is 36.9 Å². The third-order valence-electron chi connectivity index (χ3n) is 5.35. The highest BCUT2D eigenvalue weighted by atomic mass is 127. The summed E-state index contributed by atoms with van der Waals surface area (Å²) in [5.41, 5.74) is 2.18. The van der Waals surface area contributed by atoms with Gasteiger partial charge in [0.25, 0.3) is 5.91 Å². The number of hydrogen-bond acceptors (Lipinski definition) is 4. The average Bonchev–Trinajstić information content (AvgIpc) is 3.29. The summed E-state index contributed by atoms with van der Waals surface area (Å²) >= 11 is 0.997. The lowest BCUT2D eigenvalue weighted by atomic mass is 9.98. The molecule has 0 bridgehead atoms. The molecule has 5 aromatic rings. The fourth-order valence-electron chi connectivity index (χ4n) is 3.75. The van der Waals surface area contributed by atoms with Crippen LogP contribution in [0.1, 0.15) is 15.9 Å². The molecule has 35 heavy (non-hydrogen) atoms. The first-order valence-electron chi connectivity index (χ1n) is 10.3. The minimum Gasteiger partial charge on any atom is -0.322 e. The number of halogens is 4. The highest BCUT2D eigenvalue weighted by molar-refractivity contribution is 14.1. The summed E-state index contributed by atoms with van der Waals surface area (Å²) in [4.78, 5) is 25.9. The van der Waals surface area contributed by atoms with Crippen LogP contribution < -0.4 is 5.32 Å². The molecule has 0 saturated carbocycles. The Labute approximate surface area is 211 Å². The van der Waals surface area contributed by atoms with E-state index in [1.165, 1.54) is 36.4 Å².